The van der Waals surface area contributed by atoms with Gasteiger partial charge in [0.05, 0.1) is 0 Å². The average Bonchev–Trinajstić information content (AvgIpc) is 2.78. The van der Waals surface area contributed by atoms with Crippen molar-refractivity contribution in [3.05, 3.63) is 95.7 Å². The third-order valence-corrected chi connectivity index (χ3v) is 4.67. The highest BCUT2D eigenvalue weighted by Gasteiger charge is 2.34. The van der Waals surface area contributed by atoms with Crippen LogP contribution in [0.3, 0.4) is 0 Å². The quantitative estimate of drug-likeness (QED) is 0.383. The monoisotopic (exact) mass is 420 g/mol. The van der Waals surface area contributed by atoms with E-state index in [9.17, 15) is 14.7 Å². The molecule has 1 heterocycles. The maximum atomic E-state index is 12.3. The first kappa shape index (κ1) is 22.0. The van der Waals surface area contributed by atoms with Crippen LogP contribution in [0.25, 0.3) is 0 Å². The first-order valence-electron chi connectivity index (χ1n) is 9.83. The van der Waals surface area contributed by atoms with Gasteiger partial charge >= 0.3 is 11.9 Å². The number of hydrogen-bond donors (Lipinski definition) is 2. The molecule has 3 rings (SSSR count). The lowest BCUT2D eigenvalue weighted by Gasteiger charge is -2.19. The number of esters is 1. The number of carboxylic acid groups (broad SMARTS) is 1. The highest BCUT2D eigenvalue weighted by Crippen LogP contribution is 2.15. The predicted molar refractivity (Wildman–Crippen MR) is 114 cm³/mol. The second-order valence-corrected chi connectivity index (χ2v) is 7.06. The van der Waals surface area contributed by atoms with Crippen molar-refractivity contribution in [3.63, 3.8) is 0 Å². The van der Waals surface area contributed by atoms with Crippen LogP contribution in [0.1, 0.15) is 16.7 Å². The molecule has 0 amide bonds. The zero-order valence-corrected chi connectivity index (χ0v) is 16.9. The summed E-state index contributed by atoms with van der Waals surface area (Å²) < 4.78 is 10.8. The summed E-state index contributed by atoms with van der Waals surface area (Å²) >= 11 is 0. The van der Waals surface area contributed by atoms with E-state index in [1.54, 1.807) is 30.5 Å². The molecule has 2 unspecified atom stereocenters. The van der Waals surface area contributed by atoms with Gasteiger partial charge < -0.3 is 20.3 Å². The summed E-state index contributed by atoms with van der Waals surface area (Å²) in [5.74, 6) is -3.21. The van der Waals surface area contributed by atoms with Crippen molar-refractivity contribution in [2.24, 2.45) is 11.7 Å². The third kappa shape index (κ3) is 6.65. The van der Waals surface area contributed by atoms with Crippen LogP contribution in [0.5, 0.6) is 5.88 Å². The topological polar surface area (TPSA) is 112 Å². The van der Waals surface area contributed by atoms with Crippen molar-refractivity contribution in [3.8, 4) is 5.88 Å². The number of nitrogens with two attached hydrogens (primary N) is 1. The summed E-state index contributed by atoms with van der Waals surface area (Å²) in [5.41, 5.74) is 8.54. The normalized spacial score (nSPS) is 12.5. The Morgan fingerprint density at radius 2 is 1.48 bits per heavy atom. The molecule has 0 aliphatic rings. The lowest BCUT2D eigenvalue weighted by Crippen LogP contribution is -2.43. The zero-order chi connectivity index (χ0) is 22.1. The second-order valence-electron chi connectivity index (χ2n) is 7.06. The van der Waals surface area contributed by atoms with E-state index in [0.717, 1.165) is 11.1 Å². The highest BCUT2D eigenvalue weighted by atomic mass is 16.5. The summed E-state index contributed by atoms with van der Waals surface area (Å²) in [5, 5.41) is 9.50. The molecular formula is C24H24N2O5. The minimum atomic E-state index is -1.47. The summed E-state index contributed by atoms with van der Waals surface area (Å²) in [6.45, 7) is 0.381. The van der Waals surface area contributed by atoms with Gasteiger partial charge in [-0.15, -0.1) is 0 Å². The molecule has 3 aromatic rings. The molecule has 0 aliphatic carbocycles. The summed E-state index contributed by atoms with van der Waals surface area (Å²) in [6, 6.07) is 21.2. The Hall–Kier alpha value is -3.71. The summed E-state index contributed by atoms with van der Waals surface area (Å²) in [6.07, 6.45) is 1.72. The molecule has 0 fully saturated rings. The van der Waals surface area contributed by atoms with E-state index >= 15 is 0 Å². The Labute approximate surface area is 180 Å². The Kier molecular flexibility index (Phi) is 7.73. The molecule has 0 spiro atoms. The maximum absolute atomic E-state index is 12.3. The first-order chi connectivity index (χ1) is 15.0. The Bertz CT molecular complexity index is 978. The van der Waals surface area contributed by atoms with Crippen molar-refractivity contribution in [2.45, 2.75) is 25.7 Å². The van der Waals surface area contributed by atoms with Gasteiger partial charge in [0.1, 0.15) is 13.2 Å². The van der Waals surface area contributed by atoms with Crippen LogP contribution in [0.2, 0.25) is 0 Å². The van der Waals surface area contributed by atoms with Gasteiger partial charge in [0.15, 0.2) is 5.92 Å². The molecule has 1 aromatic heterocycles. The van der Waals surface area contributed by atoms with E-state index in [4.69, 9.17) is 15.2 Å². The maximum Gasteiger partial charge on any atom is 0.322 e. The molecule has 7 heteroatoms. The number of carbonyl (C=O) groups excluding carboxylic acids is 1. The highest BCUT2D eigenvalue weighted by molar-refractivity contribution is 5.94. The minimum Gasteiger partial charge on any atom is -0.481 e. The van der Waals surface area contributed by atoms with E-state index in [2.05, 4.69) is 4.98 Å². The molecule has 0 aliphatic heterocycles. The fraction of sp³-hybridized carbons (Fsp3) is 0.208. The smallest absolute Gasteiger partial charge is 0.322 e. The van der Waals surface area contributed by atoms with Gasteiger partial charge in [-0.25, -0.2) is 4.98 Å². The number of rotatable bonds is 10. The number of aliphatic carboxylic acids is 1. The Morgan fingerprint density at radius 3 is 2.03 bits per heavy atom. The Balaban J connectivity index is 1.55. The number of carbonyl (C=O) groups is 2. The first-order valence-corrected chi connectivity index (χ1v) is 9.83. The molecule has 3 N–H and O–H groups in total. The van der Waals surface area contributed by atoms with Gasteiger partial charge in [-0.2, -0.15) is 0 Å². The van der Waals surface area contributed by atoms with Gasteiger partial charge in [0.2, 0.25) is 5.88 Å². The molecule has 0 bridgehead atoms. The van der Waals surface area contributed by atoms with Crippen LogP contribution in [-0.4, -0.2) is 28.1 Å². The molecule has 31 heavy (non-hydrogen) atoms. The Morgan fingerprint density at radius 1 is 0.871 bits per heavy atom. The van der Waals surface area contributed by atoms with Crippen LogP contribution in [-0.2, 0) is 34.0 Å². The van der Waals surface area contributed by atoms with Crippen LogP contribution in [0.15, 0.2) is 79.0 Å². The van der Waals surface area contributed by atoms with Crippen molar-refractivity contribution in [2.75, 3.05) is 0 Å². The van der Waals surface area contributed by atoms with E-state index in [1.165, 1.54) is 0 Å². The molecule has 0 saturated heterocycles. The molecule has 0 saturated carbocycles. The fourth-order valence-corrected chi connectivity index (χ4v) is 3.02. The number of pyridine rings is 1. The molecule has 0 radical (unpaired) electrons. The molecular weight excluding hydrogens is 396 g/mol. The van der Waals surface area contributed by atoms with Gasteiger partial charge in [0.25, 0.3) is 0 Å². The lowest BCUT2D eigenvalue weighted by molar-refractivity contribution is -0.160. The van der Waals surface area contributed by atoms with Gasteiger partial charge in [-0.1, -0.05) is 66.7 Å². The van der Waals surface area contributed by atoms with Gasteiger partial charge in [0, 0.05) is 18.3 Å². The summed E-state index contributed by atoms with van der Waals surface area (Å²) in [7, 11) is 0. The van der Waals surface area contributed by atoms with Crippen molar-refractivity contribution >= 4 is 11.9 Å². The predicted octanol–water partition coefficient (Wildman–Crippen LogP) is 2.97. The third-order valence-electron chi connectivity index (χ3n) is 4.67. The molecule has 7 nitrogen and oxygen atoms in total. The zero-order valence-electron chi connectivity index (χ0n) is 16.9. The number of nitrogens with zero attached hydrogens (tertiary/aromatic N) is 1. The molecule has 2 aromatic carbocycles. The van der Waals surface area contributed by atoms with Crippen molar-refractivity contribution in [1.82, 2.24) is 4.98 Å². The number of ether oxygens (including phenoxy) is 2. The van der Waals surface area contributed by atoms with E-state index in [0.29, 0.717) is 18.1 Å². The van der Waals surface area contributed by atoms with Gasteiger partial charge in [-0.3, -0.25) is 9.59 Å². The van der Waals surface area contributed by atoms with Crippen LogP contribution in [0.4, 0.5) is 0 Å². The van der Waals surface area contributed by atoms with E-state index in [-0.39, 0.29) is 13.0 Å². The largest absolute Gasteiger partial charge is 0.481 e. The lowest BCUT2D eigenvalue weighted by atomic mass is 9.95. The van der Waals surface area contributed by atoms with Crippen LogP contribution < -0.4 is 10.5 Å². The number of benzene rings is 2. The second kappa shape index (κ2) is 10.9. The molecule has 160 valence electrons. The van der Waals surface area contributed by atoms with Crippen LogP contribution >= 0.6 is 0 Å². The molecule has 2 atom stereocenters. The number of aromatic nitrogens is 1. The SMILES string of the molecule is NC(Cc1ccc(OCc2ccccc2)nc1)C(C(=O)O)C(=O)OCc1ccccc1. The minimum absolute atomic E-state index is 0.00875. The van der Waals surface area contributed by atoms with Gasteiger partial charge in [-0.05, 0) is 23.1 Å². The fourth-order valence-electron chi connectivity index (χ4n) is 3.02. The number of carboxylic acids is 1. The average molecular weight is 420 g/mol. The number of hydrogen-bond acceptors (Lipinski definition) is 6. The van der Waals surface area contributed by atoms with Crippen LogP contribution in [0, 0.1) is 5.92 Å². The standard InChI is InChI=1S/C24H24N2O5/c25-20(22(23(27)28)24(29)31-16-18-9-5-2-6-10-18)13-19-11-12-21(26-14-19)30-15-17-7-3-1-4-8-17/h1-12,14,20,22H,13,15-16,25H2,(H,27,28). The summed E-state index contributed by atoms with van der Waals surface area (Å²) in [4.78, 5) is 28.2. The van der Waals surface area contributed by atoms with Crippen molar-refractivity contribution in [1.29, 1.82) is 0 Å². The van der Waals surface area contributed by atoms with Crippen molar-refractivity contribution < 1.29 is 24.2 Å². The van der Waals surface area contributed by atoms with E-state index in [1.807, 2.05) is 48.5 Å². The van der Waals surface area contributed by atoms with E-state index < -0.39 is 23.9 Å².